The summed E-state index contributed by atoms with van der Waals surface area (Å²) in [4.78, 5) is 13.9. The Bertz CT molecular complexity index is 262. The van der Waals surface area contributed by atoms with Gasteiger partial charge in [0.25, 0.3) is 0 Å². The van der Waals surface area contributed by atoms with Crippen LogP contribution < -0.4 is 0 Å². The summed E-state index contributed by atoms with van der Waals surface area (Å²) in [5.41, 5.74) is 1.31. The van der Waals surface area contributed by atoms with Gasteiger partial charge in [0, 0.05) is 19.0 Å². The molecule has 0 atom stereocenters. The quantitative estimate of drug-likeness (QED) is 0.581. The molecule has 0 radical (unpaired) electrons. The predicted octanol–water partition coefficient (Wildman–Crippen LogP) is 2.13. The van der Waals surface area contributed by atoms with Crippen molar-refractivity contribution in [3.05, 3.63) is 24.3 Å². The molecule has 0 aromatic heterocycles. The van der Waals surface area contributed by atoms with Crippen LogP contribution in [0.4, 0.5) is 0 Å². The minimum Gasteiger partial charge on any atom is -0.335 e. The van der Waals surface area contributed by atoms with Gasteiger partial charge in [0.1, 0.15) is 0 Å². The van der Waals surface area contributed by atoms with E-state index in [1.54, 1.807) is 0 Å². The number of amides is 1. The molecule has 1 saturated carbocycles. The van der Waals surface area contributed by atoms with Crippen LogP contribution >= 0.6 is 0 Å². The molecule has 0 spiro atoms. The molecular weight excluding hydrogens is 174 g/mol. The summed E-state index contributed by atoms with van der Waals surface area (Å²) in [6.45, 7) is 5.60. The van der Waals surface area contributed by atoms with Crippen LogP contribution in [0.25, 0.3) is 0 Å². The number of hydrogen-bond donors (Lipinski definition) is 0. The molecule has 0 bridgehead atoms. The van der Waals surface area contributed by atoms with Crippen LogP contribution in [0.5, 0.6) is 0 Å². The SMILES string of the molecule is C=C1CCC(C(=O)N2CC=CC2)CC1. The van der Waals surface area contributed by atoms with Gasteiger partial charge < -0.3 is 4.90 Å². The zero-order valence-corrected chi connectivity index (χ0v) is 8.54. The van der Waals surface area contributed by atoms with Crippen LogP contribution in [0.2, 0.25) is 0 Å². The second-order valence-corrected chi connectivity index (χ2v) is 4.24. The summed E-state index contributed by atoms with van der Waals surface area (Å²) in [6.07, 6.45) is 8.23. The summed E-state index contributed by atoms with van der Waals surface area (Å²) < 4.78 is 0. The van der Waals surface area contributed by atoms with Crippen LogP contribution in [-0.2, 0) is 4.79 Å². The maximum Gasteiger partial charge on any atom is 0.226 e. The van der Waals surface area contributed by atoms with Crippen molar-refractivity contribution >= 4 is 5.91 Å². The number of carbonyl (C=O) groups excluding carboxylic acids is 1. The highest BCUT2D eigenvalue weighted by Crippen LogP contribution is 2.28. The Hall–Kier alpha value is -1.05. The monoisotopic (exact) mass is 191 g/mol. The smallest absolute Gasteiger partial charge is 0.226 e. The molecular formula is C12H17NO. The first-order valence-electron chi connectivity index (χ1n) is 5.38. The van der Waals surface area contributed by atoms with Gasteiger partial charge in [0.15, 0.2) is 0 Å². The van der Waals surface area contributed by atoms with Gasteiger partial charge in [-0.05, 0) is 25.7 Å². The van der Waals surface area contributed by atoms with Crippen molar-refractivity contribution in [3.8, 4) is 0 Å². The number of nitrogens with zero attached hydrogens (tertiary/aromatic N) is 1. The normalized spacial score (nSPS) is 23.1. The molecule has 2 heteroatoms. The molecule has 2 nitrogen and oxygen atoms in total. The fourth-order valence-corrected chi connectivity index (χ4v) is 2.19. The molecule has 0 N–H and O–H groups in total. The minimum absolute atomic E-state index is 0.264. The average Bonchev–Trinajstić information content (AvgIpc) is 2.71. The maximum atomic E-state index is 12.0. The lowest BCUT2D eigenvalue weighted by Gasteiger charge is -2.26. The molecule has 0 unspecified atom stereocenters. The number of hydrogen-bond acceptors (Lipinski definition) is 1. The lowest BCUT2D eigenvalue weighted by Crippen LogP contribution is -2.35. The second kappa shape index (κ2) is 3.99. The van der Waals surface area contributed by atoms with E-state index in [-0.39, 0.29) is 5.92 Å². The molecule has 0 aromatic rings. The third kappa shape index (κ3) is 1.89. The molecule has 1 aliphatic heterocycles. The minimum atomic E-state index is 0.264. The average molecular weight is 191 g/mol. The molecule has 1 amide bonds. The van der Waals surface area contributed by atoms with E-state index in [4.69, 9.17) is 0 Å². The number of carbonyl (C=O) groups is 1. The number of allylic oxidation sites excluding steroid dienone is 1. The van der Waals surface area contributed by atoms with Crippen LogP contribution in [0, 0.1) is 5.92 Å². The molecule has 14 heavy (non-hydrogen) atoms. The summed E-state index contributed by atoms with van der Waals surface area (Å²) >= 11 is 0. The Labute approximate surface area is 85.3 Å². The standard InChI is InChI=1S/C12H17NO/c1-10-4-6-11(7-5-10)12(14)13-8-2-3-9-13/h2-3,11H,1,4-9H2. The molecule has 0 aromatic carbocycles. The van der Waals surface area contributed by atoms with E-state index in [1.807, 2.05) is 4.90 Å². The van der Waals surface area contributed by atoms with Crippen molar-refractivity contribution in [3.63, 3.8) is 0 Å². The summed E-state index contributed by atoms with van der Waals surface area (Å²) in [7, 11) is 0. The maximum absolute atomic E-state index is 12.0. The number of rotatable bonds is 1. The molecule has 0 saturated heterocycles. The van der Waals surface area contributed by atoms with Gasteiger partial charge in [-0.25, -0.2) is 0 Å². The largest absolute Gasteiger partial charge is 0.335 e. The van der Waals surface area contributed by atoms with Crippen LogP contribution in [0.3, 0.4) is 0 Å². The van der Waals surface area contributed by atoms with Crippen molar-refractivity contribution in [1.82, 2.24) is 4.90 Å². The first kappa shape index (κ1) is 9.50. The third-order valence-corrected chi connectivity index (χ3v) is 3.17. The zero-order valence-electron chi connectivity index (χ0n) is 8.54. The second-order valence-electron chi connectivity index (χ2n) is 4.24. The molecule has 1 heterocycles. The summed E-state index contributed by atoms with van der Waals surface area (Å²) in [5.74, 6) is 0.614. The van der Waals surface area contributed by atoms with E-state index in [1.165, 1.54) is 5.57 Å². The molecule has 1 aliphatic carbocycles. The lowest BCUT2D eigenvalue weighted by molar-refractivity contribution is -0.134. The Kier molecular flexibility index (Phi) is 2.71. The summed E-state index contributed by atoms with van der Waals surface area (Å²) in [6, 6.07) is 0. The topological polar surface area (TPSA) is 20.3 Å². The highest BCUT2D eigenvalue weighted by Gasteiger charge is 2.26. The molecule has 76 valence electrons. The Morgan fingerprint density at radius 1 is 1.29 bits per heavy atom. The van der Waals surface area contributed by atoms with Gasteiger partial charge in [0.05, 0.1) is 0 Å². The first-order chi connectivity index (χ1) is 6.77. The van der Waals surface area contributed by atoms with E-state index in [9.17, 15) is 4.79 Å². The van der Waals surface area contributed by atoms with E-state index >= 15 is 0 Å². The van der Waals surface area contributed by atoms with E-state index in [0.29, 0.717) is 5.91 Å². The highest BCUT2D eigenvalue weighted by molar-refractivity contribution is 5.79. The lowest BCUT2D eigenvalue weighted by atomic mass is 9.86. The van der Waals surface area contributed by atoms with Gasteiger partial charge in [0.2, 0.25) is 5.91 Å². The van der Waals surface area contributed by atoms with Gasteiger partial charge in [-0.2, -0.15) is 0 Å². The Morgan fingerprint density at radius 3 is 2.43 bits per heavy atom. The fourth-order valence-electron chi connectivity index (χ4n) is 2.19. The van der Waals surface area contributed by atoms with Gasteiger partial charge in [-0.1, -0.05) is 24.3 Å². The van der Waals surface area contributed by atoms with E-state index in [0.717, 1.165) is 38.8 Å². The third-order valence-electron chi connectivity index (χ3n) is 3.17. The van der Waals surface area contributed by atoms with E-state index < -0.39 is 0 Å². The first-order valence-corrected chi connectivity index (χ1v) is 5.38. The van der Waals surface area contributed by atoms with Gasteiger partial charge >= 0.3 is 0 Å². The van der Waals surface area contributed by atoms with Crippen molar-refractivity contribution < 1.29 is 4.79 Å². The van der Waals surface area contributed by atoms with Crippen LogP contribution in [-0.4, -0.2) is 23.9 Å². The highest BCUT2D eigenvalue weighted by atomic mass is 16.2. The van der Waals surface area contributed by atoms with Crippen molar-refractivity contribution in [2.45, 2.75) is 25.7 Å². The molecule has 1 fully saturated rings. The molecule has 2 rings (SSSR count). The van der Waals surface area contributed by atoms with Crippen molar-refractivity contribution in [2.24, 2.45) is 5.92 Å². The van der Waals surface area contributed by atoms with Crippen molar-refractivity contribution in [2.75, 3.05) is 13.1 Å². The van der Waals surface area contributed by atoms with E-state index in [2.05, 4.69) is 18.7 Å². The fraction of sp³-hybridized carbons (Fsp3) is 0.583. The van der Waals surface area contributed by atoms with Crippen molar-refractivity contribution in [1.29, 1.82) is 0 Å². The predicted molar refractivity (Wildman–Crippen MR) is 56.8 cm³/mol. The summed E-state index contributed by atoms with van der Waals surface area (Å²) in [5, 5.41) is 0. The Balaban J connectivity index is 1.88. The van der Waals surface area contributed by atoms with Crippen LogP contribution in [0.1, 0.15) is 25.7 Å². The van der Waals surface area contributed by atoms with Gasteiger partial charge in [-0.3, -0.25) is 4.79 Å². The molecule has 2 aliphatic rings. The Morgan fingerprint density at radius 2 is 1.86 bits per heavy atom. The zero-order chi connectivity index (χ0) is 9.97. The van der Waals surface area contributed by atoms with Gasteiger partial charge in [-0.15, -0.1) is 0 Å². The van der Waals surface area contributed by atoms with Crippen LogP contribution in [0.15, 0.2) is 24.3 Å².